The van der Waals surface area contributed by atoms with E-state index in [1.165, 1.54) is 0 Å². The third-order valence-corrected chi connectivity index (χ3v) is 3.03. The minimum atomic E-state index is 0.112. The van der Waals surface area contributed by atoms with Crippen molar-refractivity contribution < 1.29 is 4.74 Å². The Labute approximate surface area is 108 Å². The van der Waals surface area contributed by atoms with Gasteiger partial charge in [0.15, 0.2) is 0 Å². The number of nitrogens with one attached hydrogen (secondary N) is 1. The fourth-order valence-electron chi connectivity index (χ4n) is 1.04. The molecule has 0 saturated heterocycles. The summed E-state index contributed by atoms with van der Waals surface area (Å²) < 4.78 is 5.98. The summed E-state index contributed by atoms with van der Waals surface area (Å²) >= 11 is 15.4. The molecular formula is C10H12BrCl2NO. The molecule has 0 aliphatic heterocycles. The molecule has 0 spiro atoms. The predicted molar refractivity (Wildman–Crippen MR) is 69.1 cm³/mol. The van der Waals surface area contributed by atoms with E-state index in [-0.39, 0.29) is 6.10 Å². The molecule has 0 aliphatic rings. The second kappa shape index (κ2) is 5.94. The largest absolute Gasteiger partial charge is 0.380 e. The monoisotopic (exact) mass is 311 g/mol. The van der Waals surface area contributed by atoms with Crippen molar-refractivity contribution in [1.29, 1.82) is 0 Å². The summed E-state index contributed by atoms with van der Waals surface area (Å²) in [6.45, 7) is 2.63. The second-order valence-electron chi connectivity index (χ2n) is 3.17. The third-order valence-electron chi connectivity index (χ3n) is 1.98. The first-order valence-electron chi connectivity index (χ1n) is 4.45. The van der Waals surface area contributed by atoms with Crippen LogP contribution in [0.1, 0.15) is 6.92 Å². The van der Waals surface area contributed by atoms with Crippen molar-refractivity contribution in [3.05, 3.63) is 26.7 Å². The van der Waals surface area contributed by atoms with Gasteiger partial charge in [0.05, 0.1) is 21.8 Å². The molecule has 0 bridgehead atoms. The maximum Gasteiger partial charge on any atom is 0.0720 e. The lowest BCUT2D eigenvalue weighted by Gasteiger charge is -2.14. The molecule has 0 aliphatic carbocycles. The van der Waals surface area contributed by atoms with Gasteiger partial charge in [-0.1, -0.05) is 39.1 Å². The van der Waals surface area contributed by atoms with Crippen molar-refractivity contribution in [1.82, 2.24) is 0 Å². The van der Waals surface area contributed by atoms with Crippen LogP contribution in [0.4, 0.5) is 5.69 Å². The predicted octanol–water partition coefficient (Wildman–Crippen LogP) is 4.20. The Bertz CT molecular complexity index is 323. The van der Waals surface area contributed by atoms with Gasteiger partial charge in [-0.2, -0.15) is 0 Å². The van der Waals surface area contributed by atoms with Gasteiger partial charge in [-0.3, -0.25) is 0 Å². The number of hydrogen-bond acceptors (Lipinski definition) is 2. The smallest absolute Gasteiger partial charge is 0.0720 e. The van der Waals surface area contributed by atoms with Gasteiger partial charge < -0.3 is 10.1 Å². The van der Waals surface area contributed by atoms with Crippen molar-refractivity contribution in [2.45, 2.75) is 13.0 Å². The number of halogens is 3. The molecule has 0 fully saturated rings. The number of rotatable bonds is 4. The van der Waals surface area contributed by atoms with Crippen molar-refractivity contribution in [3.8, 4) is 0 Å². The van der Waals surface area contributed by atoms with E-state index >= 15 is 0 Å². The minimum Gasteiger partial charge on any atom is -0.380 e. The lowest BCUT2D eigenvalue weighted by atomic mass is 10.3. The Hall–Kier alpha value is 0.0400. The highest BCUT2D eigenvalue weighted by Crippen LogP contribution is 2.33. The normalized spacial score (nSPS) is 12.6. The Balaban J connectivity index is 2.77. The Morgan fingerprint density at radius 1 is 1.40 bits per heavy atom. The van der Waals surface area contributed by atoms with Crippen LogP contribution in [0.5, 0.6) is 0 Å². The molecule has 84 valence electrons. The lowest BCUT2D eigenvalue weighted by molar-refractivity contribution is 0.129. The Morgan fingerprint density at radius 2 is 1.93 bits per heavy atom. The molecule has 5 heteroatoms. The number of hydrogen-bond donors (Lipinski definition) is 1. The fourth-order valence-corrected chi connectivity index (χ4v) is 2.38. The molecule has 15 heavy (non-hydrogen) atoms. The Morgan fingerprint density at radius 3 is 2.40 bits per heavy atom. The van der Waals surface area contributed by atoms with Gasteiger partial charge in [-0.25, -0.2) is 0 Å². The first-order valence-corrected chi connectivity index (χ1v) is 6.00. The van der Waals surface area contributed by atoms with Crippen molar-refractivity contribution in [2.24, 2.45) is 0 Å². The second-order valence-corrected chi connectivity index (χ2v) is 4.90. The topological polar surface area (TPSA) is 21.3 Å². The number of anilines is 1. The standard InChI is InChI=1S/C10H12BrCl2NO/c1-6(15-2)5-14-10-8(12)3-7(11)4-9(10)13/h3-4,6,14H,5H2,1-2H3. The van der Waals surface area contributed by atoms with Gasteiger partial charge in [-0.05, 0) is 19.1 Å². The summed E-state index contributed by atoms with van der Waals surface area (Å²) in [5, 5.41) is 4.34. The number of ether oxygens (including phenoxy) is 1. The first kappa shape index (κ1) is 13.1. The van der Waals surface area contributed by atoms with E-state index in [0.29, 0.717) is 16.6 Å². The van der Waals surface area contributed by atoms with Gasteiger partial charge in [0.2, 0.25) is 0 Å². The summed E-state index contributed by atoms with van der Waals surface area (Å²) in [6.07, 6.45) is 0.112. The molecule has 1 unspecified atom stereocenters. The average Bonchev–Trinajstić information content (AvgIpc) is 2.15. The van der Waals surface area contributed by atoms with E-state index in [9.17, 15) is 0 Å². The van der Waals surface area contributed by atoms with Crippen LogP contribution in [-0.2, 0) is 4.74 Å². The highest BCUT2D eigenvalue weighted by molar-refractivity contribution is 9.10. The van der Waals surface area contributed by atoms with E-state index in [4.69, 9.17) is 27.9 Å². The highest BCUT2D eigenvalue weighted by atomic mass is 79.9. The van der Waals surface area contributed by atoms with Gasteiger partial charge in [-0.15, -0.1) is 0 Å². The molecule has 0 saturated carbocycles. The maximum absolute atomic E-state index is 6.04. The quantitative estimate of drug-likeness (QED) is 0.899. The molecule has 2 nitrogen and oxygen atoms in total. The fraction of sp³-hybridized carbons (Fsp3) is 0.400. The summed E-state index contributed by atoms with van der Waals surface area (Å²) in [4.78, 5) is 0. The average molecular weight is 313 g/mol. The molecule has 0 aromatic heterocycles. The summed E-state index contributed by atoms with van der Waals surface area (Å²) in [5.74, 6) is 0. The van der Waals surface area contributed by atoms with Crippen LogP contribution in [0, 0.1) is 0 Å². The van der Waals surface area contributed by atoms with E-state index < -0.39 is 0 Å². The molecule has 1 rings (SSSR count). The molecule has 0 radical (unpaired) electrons. The van der Waals surface area contributed by atoms with E-state index in [0.717, 1.165) is 10.2 Å². The van der Waals surface area contributed by atoms with Crippen molar-refractivity contribution in [3.63, 3.8) is 0 Å². The van der Waals surface area contributed by atoms with Crippen LogP contribution in [0.15, 0.2) is 16.6 Å². The SMILES string of the molecule is COC(C)CNc1c(Cl)cc(Br)cc1Cl. The molecule has 0 heterocycles. The lowest BCUT2D eigenvalue weighted by Crippen LogP contribution is -2.18. The van der Waals surface area contributed by atoms with Crippen molar-refractivity contribution >= 4 is 44.8 Å². The summed E-state index contributed by atoms with van der Waals surface area (Å²) in [7, 11) is 1.66. The van der Waals surface area contributed by atoms with Crippen LogP contribution in [-0.4, -0.2) is 19.8 Å². The van der Waals surface area contributed by atoms with Crippen molar-refractivity contribution in [2.75, 3.05) is 19.0 Å². The zero-order valence-corrected chi connectivity index (χ0v) is 11.6. The van der Waals surface area contributed by atoms with Gasteiger partial charge in [0, 0.05) is 18.1 Å². The zero-order valence-electron chi connectivity index (χ0n) is 8.48. The molecule has 1 aromatic carbocycles. The number of methoxy groups -OCH3 is 1. The molecule has 0 amide bonds. The van der Waals surface area contributed by atoms with Gasteiger partial charge in [0.1, 0.15) is 0 Å². The van der Waals surface area contributed by atoms with Gasteiger partial charge in [0.25, 0.3) is 0 Å². The summed E-state index contributed by atoms with van der Waals surface area (Å²) in [5.41, 5.74) is 0.741. The highest BCUT2D eigenvalue weighted by Gasteiger charge is 2.08. The van der Waals surface area contributed by atoms with Crippen LogP contribution in [0.2, 0.25) is 10.0 Å². The zero-order chi connectivity index (χ0) is 11.4. The van der Waals surface area contributed by atoms with Crippen LogP contribution in [0.25, 0.3) is 0 Å². The molecule has 1 N–H and O–H groups in total. The summed E-state index contributed by atoms with van der Waals surface area (Å²) in [6, 6.07) is 3.60. The van der Waals surface area contributed by atoms with E-state index in [1.54, 1.807) is 19.2 Å². The third kappa shape index (κ3) is 3.83. The maximum atomic E-state index is 6.04. The van der Waals surface area contributed by atoms with Crippen LogP contribution in [0.3, 0.4) is 0 Å². The minimum absolute atomic E-state index is 0.112. The van der Waals surface area contributed by atoms with E-state index in [2.05, 4.69) is 21.2 Å². The molecule has 1 aromatic rings. The van der Waals surface area contributed by atoms with Crippen LogP contribution < -0.4 is 5.32 Å². The van der Waals surface area contributed by atoms with Gasteiger partial charge >= 0.3 is 0 Å². The molecular weight excluding hydrogens is 301 g/mol. The van der Waals surface area contributed by atoms with E-state index in [1.807, 2.05) is 6.92 Å². The number of benzene rings is 1. The molecule has 1 atom stereocenters. The van der Waals surface area contributed by atoms with Crippen LogP contribution >= 0.6 is 39.1 Å². The Kier molecular flexibility index (Phi) is 5.19. The first-order chi connectivity index (χ1) is 7.04.